The number of imidazole rings is 1. The van der Waals surface area contributed by atoms with Gasteiger partial charge in [-0.25, -0.2) is 18.5 Å². The quantitative estimate of drug-likeness (QED) is 0.780. The van der Waals surface area contributed by atoms with Gasteiger partial charge in [-0.3, -0.25) is 0 Å². The third-order valence-corrected chi connectivity index (χ3v) is 5.51. The summed E-state index contributed by atoms with van der Waals surface area (Å²) < 4.78 is 24.6. The van der Waals surface area contributed by atoms with Crippen LogP contribution in [0.1, 0.15) is 48.9 Å². The van der Waals surface area contributed by atoms with Crippen LogP contribution in [0.2, 0.25) is 0 Å². The highest BCUT2D eigenvalue weighted by molar-refractivity contribution is 7.89. The minimum absolute atomic E-state index is 0.0495. The molecular weight excluding hydrogens is 330 g/mol. The van der Waals surface area contributed by atoms with E-state index in [2.05, 4.69) is 4.98 Å². The Morgan fingerprint density at radius 3 is 2.33 bits per heavy atom. The average molecular weight is 351 g/mol. The fraction of sp³-hybridized carbons (Fsp3) is 0.438. The van der Waals surface area contributed by atoms with Crippen molar-refractivity contribution in [1.82, 2.24) is 9.55 Å². The second-order valence-electron chi connectivity index (χ2n) is 6.38. The molecule has 1 aliphatic rings. The van der Waals surface area contributed by atoms with Gasteiger partial charge in [0, 0.05) is 25.2 Å². The zero-order valence-corrected chi connectivity index (χ0v) is 14.2. The molecule has 1 saturated carbocycles. The molecule has 0 unspecified atom stereocenters. The average Bonchev–Trinajstić information content (AvgIpc) is 2.90. The minimum atomic E-state index is -3.80. The molecule has 24 heavy (non-hydrogen) atoms. The molecule has 0 saturated heterocycles. The van der Waals surface area contributed by atoms with E-state index in [0.29, 0.717) is 0 Å². The van der Waals surface area contributed by atoms with E-state index < -0.39 is 10.0 Å². The summed E-state index contributed by atoms with van der Waals surface area (Å²) in [5.41, 5.74) is 0.844. The molecule has 4 N–H and O–H groups in total. The zero-order valence-electron chi connectivity index (χ0n) is 13.4. The van der Waals surface area contributed by atoms with Gasteiger partial charge in [-0.15, -0.1) is 0 Å². The van der Waals surface area contributed by atoms with E-state index in [4.69, 9.17) is 5.14 Å². The molecule has 0 aliphatic heterocycles. The van der Waals surface area contributed by atoms with Crippen molar-refractivity contribution >= 4 is 10.0 Å². The Kier molecular flexibility index (Phi) is 4.27. The molecule has 1 fully saturated rings. The van der Waals surface area contributed by atoms with E-state index in [9.17, 15) is 18.6 Å². The number of aromatic nitrogens is 2. The van der Waals surface area contributed by atoms with Gasteiger partial charge in [0.2, 0.25) is 0 Å². The predicted octanol–water partition coefficient (Wildman–Crippen LogP) is 1.92. The number of aromatic hydroxyl groups is 2. The summed E-state index contributed by atoms with van der Waals surface area (Å²) in [6.45, 7) is 0. The number of hydrogen-bond acceptors (Lipinski definition) is 5. The first-order chi connectivity index (χ1) is 11.3. The summed E-state index contributed by atoms with van der Waals surface area (Å²) in [4.78, 5) is 4.20. The Bertz CT molecular complexity index is 852. The van der Waals surface area contributed by atoms with Crippen molar-refractivity contribution in [3.8, 4) is 11.5 Å². The number of phenols is 2. The first kappa shape index (κ1) is 16.8. The number of nitrogens with zero attached hydrogens (tertiary/aromatic N) is 2. The van der Waals surface area contributed by atoms with Crippen LogP contribution < -0.4 is 5.14 Å². The van der Waals surface area contributed by atoms with E-state index in [1.54, 1.807) is 23.7 Å². The SMILES string of the molecule is Cn1cc(S(N)(=O)=O)nc1C1CCC(c2ccc(O)cc2O)CC1. The van der Waals surface area contributed by atoms with Crippen LogP contribution in [0.4, 0.5) is 0 Å². The van der Waals surface area contributed by atoms with Crippen LogP contribution in [0.25, 0.3) is 0 Å². The smallest absolute Gasteiger partial charge is 0.257 e. The number of aryl methyl sites for hydroxylation is 1. The molecule has 2 aromatic rings. The number of benzene rings is 1. The predicted molar refractivity (Wildman–Crippen MR) is 88.3 cm³/mol. The number of primary sulfonamides is 1. The van der Waals surface area contributed by atoms with Crippen molar-refractivity contribution < 1.29 is 18.6 Å². The van der Waals surface area contributed by atoms with Crippen LogP contribution in [0, 0.1) is 0 Å². The van der Waals surface area contributed by atoms with Gasteiger partial charge in [0.1, 0.15) is 17.3 Å². The second kappa shape index (κ2) is 6.10. The molecule has 8 heteroatoms. The van der Waals surface area contributed by atoms with E-state index in [1.165, 1.54) is 12.3 Å². The summed E-state index contributed by atoms with van der Waals surface area (Å²) >= 11 is 0. The third-order valence-electron chi connectivity index (χ3n) is 4.73. The van der Waals surface area contributed by atoms with Crippen molar-refractivity contribution in [2.45, 2.75) is 42.5 Å². The normalized spacial score (nSPS) is 21.8. The standard InChI is InChI=1S/C16H21N3O4S/c1-19-9-15(24(17,22)23)18-16(19)11-4-2-10(3-5-11)13-7-6-12(20)8-14(13)21/h6-11,20-21H,2-5H2,1H3,(H2,17,22,23). The molecule has 0 radical (unpaired) electrons. The third kappa shape index (κ3) is 3.25. The Morgan fingerprint density at radius 2 is 1.79 bits per heavy atom. The molecule has 1 heterocycles. The summed E-state index contributed by atoms with van der Waals surface area (Å²) in [7, 11) is -2.02. The first-order valence-corrected chi connectivity index (χ1v) is 9.38. The van der Waals surface area contributed by atoms with E-state index in [0.717, 1.165) is 37.1 Å². The molecule has 1 aliphatic carbocycles. The van der Waals surface area contributed by atoms with Crippen LogP contribution in [0.5, 0.6) is 11.5 Å². The number of hydrogen-bond donors (Lipinski definition) is 3. The van der Waals surface area contributed by atoms with E-state index >= 15 is 0 Å². The summed E-state index contributed by atoms with van der Waals surface area (Å²) in [6.07, 6.45) is 4.86. The highest BCUT2D eigenvalue weighted by Crippen LogP contribution is 2.43. The number of sulfonamides is 1. The largest absolute Gasteiger partial charge is 0.508 e. The van der Waals surface area contributed by atoms with Gasteiger partial charge in [0.15, 0.2) is 5.03 Å². The minimum Gasteiger partial charge on any atom is -0.508 e. The van der Waals surface area contributed by atoms with Crippen molar-refractivity contribution in [1.29, 1.82) is 0 Å². The number of phenolic OH excluding ortho intramolecular Hbond substituents is 2. The second-order valence-corrected chi connectivity index (χ2v) is 7.89. The van der Waals surface area contributed by atoms with Gasteiger partial charge in [0.05, 0.1) is 0 Å². The summed E-state index contributed by atoms with van der Waals surface area (Å²) in [5, 5.41) is 24.4. The summed E-state index contributed by atoms with van der Waals surface area (Å²) in [6, 6.07) is 4.70. The van der Waals surface area contributed by atoms with Crippen LogP contribution in [-0.2, 0) is 17.1 Å². The van der Waals surface area contributed by atoms with Crippen molar-refractivity contribution in [2.24, 2.45) is 12.2 Å². The topological polar surface area (TPSA) is 118 Å². The lowest BCUT2D eigenvalue weighted by atomic mass is 9.78. The fourth-order valence-electron chi connectivity index (χ4n) is 3.51. The van der Waals surface area contributed by atoms with Gasteiger partial charge in [0.25, 0.3) is 10.0 Å². The van der Waals surface area contributed by atoms with Gasteiger partial charge >= 0.3 is 0 Å². The van der Waals surface area contributed by atoms with Gasteiger partial charge < -0.3 is 14.8 Å². The van der Waals surface area contributed by atoms with Crippen LogP contribution in [0.15, 0.2) is 29.4 Å². The monoisotopic (exact) mass is 351 g/mol. The summed E-state index contributed by atoms with van der Waals surface area (Å²) in [5.74, 6) is 1.29. The first-order valence-electron chi connectivity index (χ1n) is 7.83. The Morgan fingerprint density at radius 1 is 1.17 bits per heavy atom. The van der Waals surface area contributed by atoms with Crippen LogP contribution in [0.3, 0.4) is 0 Å². The fourth-order valence-corrected chi connectivity index (χ4v) is 4.03. The highest BCUT2D eigenvalue weighted by atomic mass is 32.2. The highest BCUT2D eigenvalue weighted by Gasteiger charge is 2.28. The van der Waals surface area contributed by atoms with Gasteiger partial charge in [-0.2, -0.15) is 0 Å². The molecule has 0 bridgehead atoms. The molecule has 0 atom stereocenters. The number of nitrogens with two attached hydrogens (primary N) is 1. The molecule has 0 spiro atoms. The number of rotatable bonds is 3. The maximum Gasteiger partial charge on any atom is 0.257 e. The maximum absolute atomic E-state index is 11.4. The van der Waals surface area contributed by atoms with Crippen molar-refractivity contribution in [3.05, 3.63) is 35.8 Å². The Balaban J connectivity index is 1.75. The molecule has 1 aromatic heterocycles. The van der Waals surface area contributed by atoms with Gasteiger partial charge in [-0.05, 0) is 43.2 Å². The Labute approximate surface area is 140 Å². The maximum atomic E-state index is 11.4. The van der Waals surface area contributed by atoms with E-state index in [-0.39, 0.29) is 28.4 Å². The van der Waals surface area contributed by atoms with Crippen LogP contribution >= 0.6 is 0 Å². The molecule has 0 amide bonds. The van der Waals surface area contributed by atoms with Gasteiger partial charge in [-0.1, -0.05) is 6.07 Å². The Hall–Kier alpha value is -2.06. The molecular formula is C16H21N3O4S. The van der Waals surface area contributed by atoms with Crippen molar-refractivity contribution in [2.75, 3.05) is 0 Å². The zero-order chi connectivity index (χ0) is 17.5. The molecule has 7 nitrogen and oxygen atoms in total. The molecule has 130 valence electrons. The van der Waals surface area contributed by atoms with Crippen LogP contribution in [-0.4, -0.2) is 28.2 Å². The van der Waals surface area contributed by atoms with E-state index in [1.807, 2.05) is 0 Å². The molecule has 3 rings (SSSR count). The lowest BCUT2D eigenvalue weighted by Crippen LogP contribution is -2.16. The van der Waals surface area contributed by atoms with Crippen molar-refractivity contribution in [3.63, 3.8) is 0 Å². The lowest BCUT2D eigenvalue weighted by molar-refractivity contribution is 0.367. The molecule has 1 aromatic carbocycles. The lowest BCUT2D eigenvalue weighted by Gasteiger charge is -2.28.